The molecule has 0 aliphatic carbocycles. The van der Waals surface area contributed by atoms with E-state index in [-0.39, 0.29) is 11.8 Å². The van der Waals surface area contributed by atoms with E-state index in [1.807, 2.05) is 12.1 Å². The van der Waals surface area contributed by atoms with Gasteiger partial charge in [0.15, 0.2) is 0 Å². The topological polar surface area (TPSA) is 52.6 Å². The molecular weight excluding hydrogens is 332 g/mol. The van der Waals surface area contributed by atoms with Crippen LogP contribution in [-0.4, -0.2) is 48.2 Å². The molecule has 2 atom stereocenters. The summed E-state index contributed by atoms with van der Waals surface area (Å²) >= 11 is 3.44. The highest BCUT2D eigenvalue weighted by Crippen LogP contribution is 2.35. The number of rotatable bonds is 3. The van der Waals surface area contributed by atoms with Crippen LogP contribution < -0.4 is 5.32 Å². The molecule has 1 aromatic carbocycles. The van der Waals surface area contributed by atoms with Crippen molar-refractivity contribution in [3.05, 3.63) is 34.3 Å². The van der Waals surface area contributed by atoms with Crippen molar-refractivity contribution in [1.82, 2.24) is 10.2 Å². The number of benzene rings is 1. The van der Waals surface area contributed by atoms with E-state index < -0.39 is 5.97 Å². The summed E-state index contributed by atoms with van der Waals surface area (Å²) in [7, 11) is 0. The van der Waals surface area contributed by atoms with E-state index in [1.54, 1.807) is 0 Å². The maximum Gasteiger partial charge on any atom is 0.308 e. The molecule has 0 radical (unpaired) electrons. The number of hydrogen-bond donors (Lipinski definition) is 2. The highest BCUT2D eigenvalue weighted by molar-refractivity contribution is 9.10. The van der Waals surface area contributed by atoms with E-state index in [0.29, 0.717) is 12.6 Å². The van der Waals surface area contributed by atoms with Crippen molar-refractivity contribution in [3.8, 4) is 0 Å². The number of carboxylic acid groups (broad SMARTS) is 1. The normalized spacial score (nSPS) is 27.9. The summed E-state index contributed by atoms with van der Waals surface area (Å²) in [5.41, 5.74) is 1.14. The number of halogens is 1. The van der Waals surface area contributed by atoms with Crippen molar-refractivity contribution >= 4 is 21.9 Å². The van der Waals surface area contributed by atoms with E-state index in [0.717, 1.165) is 42.5 Å². The second kappa shape index (κ2) is 6.46. The lowest BCUT2D eigenvalue weighted by atomic mass is 9.89. The second-order valence-corrected chi connectivity index (χ2v) is 6.95. The van der Waals surface area contributed by atoms with Crippen LogP contribution in [0.1, 0.15) is 24.3 Å². The molecule has 0 bridgehead atoms. The summed E-state index contributed by atoms with van der Waals surface area (Å²) in [6.07, 6.45) is 2.25. The average molecular weight is 353 g/mol. The molecule has 4 nitrogen and oxygen atoms in total. The zero-order valence-electron chi connectivity index (χ0n) is 12.0. The van der Waals surface area contributed by atoms with Gasteiger partial charge >= 0.3 is 5.97 Å². The molecule has 2 heterocycles. The molecule has 1 aromatic rings. The van der Waals surface area contributed by atoms with Gasteiger partial charge in [0.05, 0.1) is 5.92 Å². The smallest absolute Gasteiger partial charge is 0.308 e. The maximum absolute atomic E-state index is 11.6. The summed E-state index contributed by atoms with van der Waals surface area (Å²) < 4.78 is 1.03. The fourth-order valence-electron chi connectivity index (χ4n) is 3.60. The summed E-state index contributed by atoms with van der Waals surface area (Å²) in [4.78, 5) is 14.0. The lowest BCUT2D eigenvalue weighted by Gasteiger charge is -2.31. The van der Waals surface area contributed by atoms with E-state index in [2.05, 4.69) is 38.3 Å². The zero-order valence-corrected chi connectivity index (χ0v) is 13.6. The largest absolute Gasteiger partial charge is 0.481 e. The SMILES string of the molecule is O=C(O)C1CN(C2CCNCC2)CC1c1ccc(Br)cc1. The highest BCUT2D eigenvalue weighted by atomic mass is 79.9. The lowest BCUT2D eigenvalue weighted by Crippen LogP contribution is -2.42. The van der Waals surface area contributed by atoms with Gasteiger partial charge in [-0.15, -0.1) is 0 Å². The highest BCUT2D eigenvalue weighted by Gasteiger charge is 2.40. The number of carbonyl (C=O) groups is 1. The molecule has 3 rings (SSSR count). The molecule has 21 heavy (non-hydrogen) atoms. The van der Waals surface area contributed by atoms with Crippen LogP contribution in [0.25, 0.3) is 0 Å². The molecule has 114 valence electrons. The van der Waals surface area contributed by atoms with Crippen molar-refractivity contribution in [3.63, 3.8) is 0 Å². The van der Waals surface area contributed by atoms with Crippen LogP contribution in [0.15, 0.2) is 28.7 Å². The maximum atomic E-state index is 11.6. The quantitative estimate of drug-likeness (QED) is 0.876. The number of likely N-dealkylation sites (tertiary alicyclic amines) is 1. The molecule has 0 saturated carbocycles. The first kappa shape index (κ1) is 15.0. The van der Waals surface area contributed by atoms with Crippen molar-refractivity contribution in [2.24, 2.45) is 5.92 Å². The molecule has 2 aliphatic heterocycles. The molecule has 0 aromatic heterocycles. The van der Waals surface area contributed by atoms with Crippen LogP contribution in [0.3, 0.4) is 0 Å². The fourth-order valence-corrected chi connectivity index (χ4v) is 3.87. The van der Waals surface area contributed by atoms with Crippen LogP contribution in [-0.2, 0) is 4.79 Å². The van der Waals surface area contributed by atoms with Gasteiger partial charge in [-0.1, -0.05) is 28.1 Å². The minimum Gasteiger partial charge on any atom is -0.481 e. The van der Waals surface area contributed by atoms with Gasteiger partial charge in [-0.2, -0.15) is 0 Å². The average Bonchev–Trinajstić information content (AvgIpc) is 2.94. The number of nitrogens with one attached hydrogen (secondary N) is 1. The predicted octanol–water partition coefficient (Wildman–Crippen LogP) is 2.30. The Morgan fingerprint density at radius 2 is 1.86 bits per heavy atom. The summed E-state index contributed by atoms with van der Waals surface area (Å²) in [5.74, 6) is -0.856. The summed E-state index contributed by atoms with van der Waals surface area (Å²) in [6.45, 7) is 3.63. The van der Waals surface area contributed by atoms with E-state index in [9.17, 15) is 9.90 Å². The summed E-state index contributed by atoms with van der Waals surface area (Å²) in [5, 5.41) is 12.9. The van der Waals surface area contributed by atoms with Gasteiger partial charge in [0.1, 0.15) is 0 Å². The number of hydrogen-bond acceptors (Lipinski definition) is 3. The first-order valence-electron chi connectivity index (χ1n) is 7.58. The van der Waals surface area contributed by atoms with Gasteiger partial charge in [0.2, 0.25) is 0 Å². The number of aliphatic carboxylic acids is 1. The Bertz CT molecular complexity index is 500. The predicted molar refractivity (Wildman–Crippen MR) is 85.5 cm³/mol. The molecule has 2 N–H and O–H groups in total. The third-order valence-corrected chi connectivity index (χ3v) is 5.32. The van der Waals surface area contributed by atoms with Crippen LogP contribution in [0.4, 0.5) is 0 Å². The number of piperidine rings is 1. The van der Waals surface area contributed by atoms with Crippen molar-refractivity contribution in [2.75, 3.05) is 26.2 Å². The first-order valence-corrected chi connectivity index (χ1v) is 8.37. The van der Waals surface area contributed by atoms with Crippen LogP contribution >= 0.6 is 15.9 Å². The third kappa shape index (κ3) is 3.30. The second-order valence-electron chi connectivity index (χ2n) is 6.04. The Balaban J connectivity index is 1.78. The van der Waals surface area contributed by atoms with Crippen LogP contribution in [0.2, 0.25) is 0 Å². The Morgan fingerprint density at radius 3 is 2.48 bits per heavy atom. The lowest BCUT2D eigenvalue weighted by molar-refractivity contribution is -0.141. The van der Waals surface area contributed by atoms with E-state index in [4.69, 9.17) is 0 Å². The van der Waals surface area contributed by atoms with E-state index >= 15 is 0 Å². The molecule has 5 heteroatoms. The van der Waals surface area contributed by atoms with Gasteiger partial charge in [-0.05, 0) is 43.6 Å². The zero-order chi connectivity index (χ0) is 14.8. The van der Waals surface area contributed by atoms with Crippen molar-refractivity contribution in [1.29, 1.82) is 0 Å². The molecule has 0 spiro atoms. The molecule has 2 unspecified atom stereocenters. The third-order valence-electron chi connectivity index (χ3n) is 4.79. The minimum absolute atomic E-state index is 0.102. The molecule has 2 fully saturated rings. The standard InChI is InChI=1S/C16H21BrN2O2/c17-12-3-1-11(2-4-12)14-9-19(10-15(14)16(20)21)13-5-7-18-8-6-13/h1-4,13-15,18H,5-10H2,(H,20,21). The number of nitrogens with zero attached hydrogens (tertiary/aromatic N) is 1. The molecule has 0 amide bonds. The molecular formula is C16H21BrN2O2. The van der Waals surface area contributed by atoms with Gasteiger partial charge in [0, 0.05) is 29.5 Å². The Hall–Kier alpha value is -0.910. The summed E-state index contributed by atoms with van der Waals surface area (Å²) in [6, 6.07) is 8.64. The van der Waals surface area contributed by atoms with Gasteiger partial charge in [0.25, 0.3) is 0 Å². The van der Waals surface area contributed by atoms with Gasteiger partial charge in [-0.25, -0.2) is 0 Å². The van der Waals surface area contributed by atoms with Gasteiger partial charge < -0.3 is 10.4 Å². The van der Waals surface area contributed by atoms with Crippen LogP contribution in [0.5, 0.6) is 0 Å². The van der Waals surface area contributed by atoms with Gasteiger partial charge in [-0.3, -0.25) is 9.69 Å². The molecule has 2 saturated heterocycles. The Labute approximate surface area is 133 Å². The monoisotopic (exact) mass is 352 g/mol. The minimum atomic E-state index is -0.667. The van der Waals surface area contributed by atoms with Crippen molar-refractivity contribution < 1.29 is 9.90 Å². The number of carboxylic acids is 1. The molecule has 2 aliphatic rings. The fraction of sp³-hybridized carbons (Fsp3) is 0.562. The van der Waals surface area contributed by atoms with Crippen molar-refractivity contribution in [2.45, 2.75) is 24.8 Å². The Kier molecular flexibility index (Phi) is 4.62. The van der Waals surface area contributed by atoms with E-state index in [1.165, 1.54) is 0 Å². The van der Waals surface area contributed by atoms with Crippen LogP contribution in [0, 0.1) is 5.92 Å². The first-order chi connectivity index (χ1) is 10.1. The Morgan fingerprint density at radius 1 is 1.19 bits per heavy atom.